The molecule has 1 atom stereocenters. The van der Waals surface area contributed by atoms with E-state index in [-0.39, 0.29) is 24.5 Å². The van der Waals surface area contributed by atoms with Gasteiger partial charge < -0.3 is 14.7 Å². The number of amides is 1. The highest BCUT2D eigenvalue weighted by molar-refractivity contribution is 6.46. The number of rotatable bonds is 5. The Kier molecular flexibility index (Phi) is 5.40. The molecule has 1 aliphatic heterocycles. The SMILES string of the molecule is COCCN1C(=O)C(=O)C(=C(O)c2ccc(Cl)cc2)[C@H]1c1ccccc1. The fraction of sp³-hybridized carbons (Fsp3) is 0.200. The molecule has 0 aliphatic carbocycles. The summed E-state index contributed by atoms with van der Waals surface area (Å²) < 4.78 is 5.07. The highest BCUT2D eigenvalue weighted by Gasteiger charge is 2.45. The summed E-state index contributed by atoms with van der Waals surface area (Å²) in [6.07, 6.45) is 0. The molecule has 0 bridgehead atoms. The number of ketones is 1. The van der Waals surface area contributed by atoms with Crippen LogP contribution in [-0.2, 0) is 14.3 Å². The standard InChI is InChI=1S/C20H18ClNO4/c1-26-12-11-22-17(13-5-3-2-4-6-13)16(19(24)20(22)25)18(23)14-7-9-15(21)10-8-14/h2-10,17,23H,11-12H2,1H3/t17-/m1/s1. The zero-order valence-electron chi connectivity index (χ0n) is 14.2. The first-order valence-electron chi connectivity index (χ1n) is 8.13. The summed E-state index contributed by atoms with van der Waals surface area (Å²) >= 11 is 5.89. The van der Waals surface area contributed by atoms with Crippen LogP contribution in [0.2, 0.25) is 5.02 Å². The number of Topliss-reactive ketones (excluding diaryl/α,β-unsaturated/α-hetero) is 1. The molecule has 1 amide bonds. The van der Waals surface area contributed by atoms with E-state index in [0.717, 1.165) is 5.56 Å². The van der Waals surface area contributed by atoms with E-state index in [1.807, 2.05) is 30.3 Å². The molecule has 1 heterocycles. The van der Waals surface area contributed by atoms with Crippen LogP contribution in [0.15, 0.2) is 60.2 Å². The first-order valence-corrected chi connectivity index (χ1v) is 8.50. The summed E-state index contributed by atoms with van der Waals surface area (Å²) in [5.74, 6) is -1.57. The molecule has 3 rings (SSSR count). The smallest absolute Gasteiger partial charge is 0.295 e. The molecular weight excluding hydrogens is 354 g/mol. The summed E-state index contributed by atoms with van der Waals surface area (Å²) in [5.41, 5.74) is 1.25. The number of hydrogen-bond donors (Lipinski definition) is 1. The van der Waals surface area contributed by atoms with Crippen molar-refractivity contribution in [3.05, 3.63) is 76.3 Å². The van der Waals surface area contributed by atoms with Gasteiger partial charge in [0.25, 0.3) is 11.7 Å². The van der Waals surface area contributed by atoms with Gasteiger partial charge in [0.15, 0.2) is 0 Å². The van der Waals surface area contributed by atoms with Crippen LogP contribution >= 0.6 is 11.6 Å². The zero-order valence-corrected chi connectivity index (χ0v) is 14.9. The van der Waals surface area contributed by atoms with Crippen molar-refractivity contribution in [1.29, 1.82) is 0 Å². The molecule has 6 heteroatoms. The third-order valence-corrected chi connectivity index (χ3v) is 4.56. The van der Waals surface area contributed by atoms with Crippen LogP contribution in [0.4, 0.5) is 0 Å². The molecule has 0 radical (unpaired) electrons. The zero-order chi connectivity index (χ0) is 18.7. The fourth-order valence-corrected chi connectivity index (χ4v) is 3.17. The normalized spacial score (nSPS) is 19.2. The maximum Gasteiger partial charge on any atom is 0.295 e. The number of methoxy groups -OCH3 is 1. The van der Waals surface area contributed by atoms with Gasteiger partial charge in [-0.1, -0.05) is 41.9 Å². The highest BCUT2D eigenvalue weighted by atomic mass is 35.5. The lowest BCUT2D eigenvalue weighted by Gasteiger charge is -2.25. The average molecular weight is 372 g/mol. The van der Waals surface area contributed by atoms with E-state index < -0.39 is 17.7 Å². The summed E-state index contributed by atoms with van der Waals surface area (Å²) in [4.78, 5) is 26.7. The predicted octanol–water partition coefficient (Wildman–Crippen LogP) is 3.41. The second-order valence-corrected chi connectivity index (χ2v) is 6.34. The Labute approximate surface area is 156 Å². The maximum atomic E-state index is 12.7. The molecule has 0 saturated carbocycles. The Hall–Kier alpha value is -2.63. The van der Waals surface area contributed by atoms with Crippen LogP contribution in [-0.4, -0.2) is 42.0 Å². The lowest BCUT2D eigenvalue weighted by Crippen LogP contribution is -2.32. The van der Waals surface area contributed by atoms with Crippen molar-refractivity contribution in [2.75, 3.05) is 20.3 Å². The minimum Gasteiger partial charge on any atom is -0.507 e. The number of aliphatic hydroxyl groups excluding tert-OH is 1. The lowest BCUT2D eigenvalue weighted by molar-refractivity contribution is -0.140. The molecule has 134 valence electrons. The second kappa shape index (κ2) is 7.72. The van der Waals surface area contributed by atoms with Gasteiger partial charge in [-0.25, -0.2) is 0 Å². The number of halogens is 1. The Morgan fingerprint density at radius 2 is 1.77 bits per heavy atom. The molecule has 26 heavy (non-hydrogen) atoms. The van der Waals surface area contributed by atoms with E-state index in [0.29, 0.717) is 10.6 Å². The molecule has 5 nitrogen and oxygen atoms in total. The Morgan fingerprint density at radius 1 is 1.12 bits per heavy atom. The Bertz CT molecular complexity index is 846. The van der Waals surface area contributed by atoms with E-state index in [4.69, 9.17) is 16.3 Å². The highest BCUT2D eigenvalue weighted by Crippen LogP contribution is 2.39. The number of hydrogen-bond acceptors (Lipinski definition) is 4. The van der Waals surface area contributed by atoms with E-state index >= 15 is 0 Å². The van der Waals surface area contributed by atoms with Gasteiger partial charge in [0.1, 0.15) is 5.76 Å². The molecule has 2 aromatic carbocycles. The third-order valence-electron chi connectivity index (χ3n) is 4.31. The average Bonchev–Trinajstić information content (AvgIpc) is 2.91. The fourth-order valence-electron chi connectivity index (χ4n) is 3.05. The van der Waals surface area contributed by atoms with Crippen molar-refractivity contribution >= 4 is 29.1 Å². The summed E-state index contributed by atoms with van der Waals surface area (Å²) in [5, 5.41) is 11.3. The molecule has 2 aromatic rings. The van der Waals surface area contributed by atoms with Crippen LogP contribution in [0.5, 0.6) is 0 Å². The van der Waals surface area contributed by atoms with Gasteiger partial charge in [0, 0.05) is 24.2 Å². The van der Waals surface area contributed by atoms with Crippen molar-refractivity contribution in [1.82, 2.24) is 4.90 Å². The molecule has 0 aromatic heterocycles. The number of likely N-dealkylation sites (tertiary alicyclic amines) is 1. The van der Waals surface area contributed by atoms with Gasteiger partial charge in [0.05, 0.1) is 18.2 Å². The molecule has 1 fully saturated rings. The summed E-state index contributed by atoms with van der Waals surface area (Å²) in [6.45, 7) is 0.537. The van der Waals surface area contributed by atoms with Crippen LogP contribution in [0.3, 0.4) is 0 Å². The van der Waals surface area contributed by atoms with Gasteiger partial charge in [0.2, 0.25) is 0 Å². The van der Waals surface area contributed by atoms with Gasteiger partial charge in [-0.3, -0.25) is 9.59 Å². The molecule has 1 saturated heterocycles. The number of nitrogens with zero attached hydrogens (tertiary/aromatic N) is 1. The van der Waals surface area contributed by atoms with Crippen LogP contribution in [0.1, 0.15) is 17.2 Å². The minimum atomic E-state index is -0.706. The maximum absolute atomic E-state index is 12.7. The molecule has 1 N–H and O–H groups in total. The van der Waals surface area contributed by atoms with E-state index in [2.05, 4.69) is 0 Å². The molecular formula is C20H18ClNO4. The van der Waals surface area contributed by atoms with Crippen molar-refractivity contribution in [3.63, 3.8) is 0 Å². The number of carbonyl (C=O) groups is 2. The van der Waals surface area contributed by atoms with Gasteiger partial charge in [-0.2, -0.15) is 0 Å². The van der Waals surface area contributed by atoms with Gasteiger partial charge >= 0.3 is 0 Å². The summed E-state index contributed by atoms with van der Waals surface area (Å²) in [7, 11) is 1.53. The number of ether oxygens (including phenoxy) is 1. The van der Waals surface area contributed by atoms with Crippen molar-refractivity contribution in [2.24, 2.45) is 0 Å². The largest absolute Gasteiger partial charge is 0.507 e. The van der Waals surface area contributed by atoms with Crippen molar-refractivity contribution in [2.45, 2.75) is 6.04 Å². The van der Waals surface area contributed by atoms with Crippen molar-refractivity contribution in [3.8, 4) is 0 Å². The van der Waals surface area contributed by atoms with E-state index in [1.165, 1.54) is 12.0 Å². The van der Waals surface area contributed by atoms with Gasteiger partial charge in [-0.05, 0) is 29.8 Å². The lowest BCUT2D eigenvalue weighted by atomic mass is 9.95. The topological polar surface area (TPSA) is 66.8 Å². The summed E-state index contributed by atoms with van der Waals surface area (Å²) in [6, 6.07) is 15.0. The first-order chi connectivity index (χ1) is 12.5. The molecule has 0 spiro atoms. The number of benzene rings is 2. The monoisotopic (exact) mass is 371 g/mol. The van der Waals surface area contributed by atoms with E-state index in [1.54, 1.807) is 24.3 Å². The van der Waals surface area contributed by atoms with E-state index in [9.17, 15) is 14.7 Å². The Morgan fingerprint density at radius 3 is 2.38 bits per heavy atom. The third kappa shape index (κ3) is 3.36. The van der Waals surface area contributed by atoms with Crippen LogP contribution in [0, 0.1) is 0 Å². The first kappa shape index (κ1) is 18.2. The Balaban J connectivity index is 2.14. The van der Waals surface area contributed by atoms with Crippen molar-refractivity contribution < 1.29 is 19.4 Å². The van der Waals surface area contributed by atoms with Crippen LogP contribution < -0.4 is 0 Å². The second-order valence-electron chi connectivity index (χ2n) is 5.90. The predicted molar refractivity (Wildman–Crippen MR) is 98.8 cm³/mol. The number of carbonyl (C=O) groups excluding carboxylic acids is 2. The number of aliphatic hydroxyl groups is 1. The molecule has 0 unspecified atom stereocenters. The van der Waals surface area contributed by atoms with Crippen LogP contribution in [0.25, 0.3) is 5.76 Å². The molecule has 1 aliphatic rings. The quantitative estimate of drug-likeness (QED) is 0.497. The minimum absolute atomic E-state index is 0.0691. The van der Waals surface area contributed by atoms with Gasteiger partial charge in [-0.15, -0.1) is 0 Å².